The first-order valence-electron chi connectivity index (χ1n) is 8.46. The molecule has 0 bridgehead atoms. The maximum atomic E-state index is 12.2. The summed E-state index contributed by atoms with van der Waals surface area (Å²) < 4.78 is 15.3. The number of carbonyl (C=O) groups excluding carboxylic acids is 3. The van der Waals surface area contributed by atoms with Crippen LogP contribution in [-0.2, 0) is 25.7 Å². The normalized spacial score (nSPS) is 16.3. The number of hydrogen-bond donors (Lipinski definition) is 1. The highest BCUT2D eigenvalue weighted by Gasteiger charge is 2.35. The van der Waals surface area contributed by atoms with Crippen LogP contribution in [0.4, 0.5) is 5.69 Å². The van der Waals surface area contributed by atoms with Gasteiger partial charge in [0.1, 0.15) is 11.5 Å². The van der Waals surface area contributed by atoms with Gasteiger partial charge in [-0.3, -0.25) is 14.4 Å². The number of nitrogens with one attached hydrogen (secondary N) is 1. The third kappa shape index (κ3) is 4.87. The minimum atomic E-state index is -0.582. The van der Waals surface area contributed by atoms with Gasteiger partial charge in [0.25, 0.3) is 5.91 Å². The summed E-state index contributed by atoms with van der Waals surface area (Å²) in [6.07, 6.45) is 1.60. The van der Waals surface area contributed by atoms with Gasteiger partial charge in [0.15, 0.2) is 6.61 Å². The minimum Gasteiger partial charge on any atom is -0.497 e. The molecule has 0 unspecified atom stereocenters. The van der Waals surface area contributed by atoms with Crippen LogP contribution in [0.5, 0.6) is 5.75 Å². The van der Waals surface area contributed by atoms with Crippen molar-refractivity contribution < 1.29 is 28.3 Å². The summed E-state index contributed by atoms with van der Waals surface area (Å²) in [7, 11) is 1.55. The number of rotatable bonds is 7. The third-order valence-electron chi connectivity index (χ3n) is 4.19. The highest BCUT2D eigenvalue weighted by molar-refractivity contribution is 5.93. The van der Waals surface area contributed by atoms with E-state index in [1.165, 1.54) is 6.26 Å². The number of anilines is 1. The lowest BCUT2D eigenvalue weighted by Crippen LogP contribution is -2.28. The van der Waals surface area contributed by atoms with E-state index in [-0.39, 0.29) is 18.9 Å². The fourth-order valence-corrected chi connectivity index (χ4v) is 2.80. The minimum absolute atomic E-state index is 0.0691. The van der Waals surface area contributed by atoms with Crippen molar-refractivity contribution in [3.63, 3.8) is 0 Å². The first kappa shape index (κ1) is 18.5. The molecule has 0 spiro atoms. The summed E-state index contributed by atoms with van der Waals surface area (Å²) in [6, 6.07) is 10.3. The van der Waals surface area contributed by atoms with Gasteiger partial charge in [-0.15, -0.1) is 0 Å². The van der Waals surface area contributed by atoms with E-state index < -0.39 is 24.4 Å². The van der Waals surface area contributed by atoms with Crippen LogP contribution >= 0.6 is 0 Å². The van der Waals surface area contributed by atoms with Crippen molar-refractivity contribution in [3.8, 4) is 5.75 Å². The first-order chi connectivity index (χ1) is 13.0. The summed E-state index contributed by atoms with van der Waals surface area (Å²) in [5.41, 5.74) is 0.567. The van der Waals surface area contributed by atoms with Crippen molar-refractivity contribution >= 4 is 23.5 Å². The predicted molar refractivity (Wildman–Crippen MR) is 94.8 cm³/mol. The van der Waals surface area contributed by atoms with Gasteiger partial charge in [0.2, 0.25) is 5.91 Å². The van der Waals surface area contributed by atoms with Gasteiger partial charge in [-0.1, -0.05) is 0 Å². The number of hydrogen-bond acceptors (Lipinski definition) is 6. The summed E-state index contributed by atoms with van der Waals surface area (Å²) in [5.74, 6) is -0.418. The van der Waals surface area contributed by atoms with E-state index in [4.69, 9.17) is 13.9 Å². The number of likely N-dealkylation sites (tertiary alicyclic amines) is 1. The molecule has 1 aromatic carbocycles. The monoisotopic (exact) mass is 372 g/mol. The number of furan rings is 1. The molecule has 2 heterocycles. The van der Waals surface area contributed by atoms with Gasteiger partial charge < -0.3 is 24.1 Å². The van der Waals surface area contributed by atoms with Crippen LogP contribution in [-0.4, -0.2) is 42.9 Å². The zero-order valence-corrected chi connectivity index (χ0v) is 14.8. The molecule has 2 amide bonds. The van der Waals surface area contributed by atoms with Crippen molar-refractivity contribution in [3.05, 3.63) is 48.4 Å². The van der Waals surface area contributed by atoms with Crippen molar-refractivity contribution in [2.75, 3.05) is 25.6 Å². The Labute approximate surface area is 156 Å². The molecule has 3 rings (SSSR count). The summed E-state index contributed by atoms with van der Waals surface area (Å²) >= 11 is 0. The quantitative estimate of drug-likeness (QED) is 0.745. The smallest absolute Gasteiger partial charge is 0.311 e. The Kier molecular flexibility index (Phi) is 5.75. The third-order valence-corrected chi connectivity index (χ3v) is 4.19. The molecule has 1 atom stereocenters. The van der Waals surface area contributed by atoms with E-state index in [0.29, 0.717) is 23.7 Å². The molecule has 1 aliphatic heterocycles. The molecule has 0 aliphatic carbocycles. The van der Waals surface area contributed by atoms with Gasteiger partial charge >= 0.3 is 5.97 Å². The molecule has 1 fully saturated rings. The highest BCUT2D eigenvalue weighted by Crippen LogP contribution is 2.21. The van der Waals surface area contributed by atoms with Gasteiger partial charge in [0, 0.05) is 18.7 Å². The fraction of sp³-hybridized carbons (Fsp3) is 0.316. The number of benzene rings is 1. The topological polar surface area (TPSA) is 98.1 Å². The SMILES string of the molecule is COc1ccc(NC(=O)COC(=O)[C@H]2CC(=O)N(Cc3ccco3)C2)cc1. The molecule has 1 aromatic heterocycles. The first-order valence-corrected chi connectivity index (χ1v) is 8.46. The Bertz CT molecular complexity index is 800. The highest BCUT2D eigenvalue weighted by atomic mass is 16.5. The van der Waals surface area contributed by atoms with Gasteiger partial charge in [-0.25, -0.2) is 0 Å². The maximum Gasteiger partial charge on any atom is 0.311 e. The Balaban J connectivity index is 1.44. The Morgan fingerprint density at radius 3 is 2.70 bits per heavy atom. The number of esters is 1. The van der Waals surface area contributed by atoms with E-state index in [0.717, 1.165) is 0 Å². The van der Waals surface area contributed by atoms with Crippen LogP contribution in [0.3, 0.4) is 0 Å². The molecular formula is C19H20N2O6. The second-order valence-corrected chi connectivity index (χ2v) is 6.14. The molecule has 8 heteroatoms. The number of amides is 2. The van der Waals surface area contributed by atoms with Crippen LogP contribution in [0, 0.1) is 5.92 Å². The van der Waals surface area contributed by atoms with Crippen LogP contribution < -0.4 is 10.1 Å². The van der Waals surface area contributed by atoms with Crippen LogP contribution in [0.1, 0.15) is 12.2 Å². The fourth-order valence-electron chi connectivity index (χ4n) is 2.80. The summed E-state index contributed by atoms with van der Waals surface area (Å²) in [5, 5.41) is 2.62. The maximum absolute atomic E-state index is 12.2. The largest absolute Gasteiger partial charge is 0.497 e. The molecule has 27 heavy (non-hydrogen) atoms. The van der Waals surface area contributed by atoms with E-state index >= 15 is 0 Å². The molecule has 1 aliphatic rings. The van der Waals surface area contributed by atoms with E-state index in [1.54, 1.807) is 48.4 Å². The lowest BCUT2D eigenvalue weighted by atomic mass is 10.1. The lowest BCUT2D eigenvalue weighted by Gasteiger charge is -2.14. The Morgan fingerprint density at radius 2 is 2.04 bits per heavy atom. The number of methoxy groups -OCH3 is 1. The van der Waals surface area contributed by atoms with Crippen molar-refractivity contribution in [1.82, 2.24) is 4.90 Å². The van der Waals surface area contributed by atoms with Crippen LogP contribution in [0.2, 0.25) is 0 Å². The predicted octanol–water partition coefficient (Wildman–Crippen LogP) is 1.82. The van der Waals surface area contributed by atoms with E-state index in [9.17, 15) is 14.4 Å². The number of carbonyl (C=O) groups is 3. The molecule has 2 aromatic rings. The van der Waals surface area contributed by atoms with Crippen LogP contribution in [0.15, 0.2) is 47.1 Å². The van der Waals surface area contributed by atoms with Gasteiger partial charge in [-0.2, -0.15) is 0 Å². The van der Waals surface area contributed by atoms with Gasteiger partial charge in [-0.05, 0) is 36.4 Å². The summed E-state index contributed by atoms with van der Waals surface area (Å²) in [6.45, 7) is 0.153. The zero-order valence-electron chi connectivity index (χ0n) is 14.8. The van der Waals surface area contributed by atoms with Crippen molar-refractivity contribution in [1.29, 1.82) is 0 Å². The van der Waals surface area contributed by atoms with Crippen molar-refractivity contribution in [2.24, 2.45) is 5.92 Å². The Morgan fingerprint density at radius 1 is 1.26 bits per heavy atom. The molecule has 0 saturated carbocycles. The number of ether oxygens (including phenoxy) is 2. The summed E-state index contributed by atoms with van der Waals surface area (Å²) in [4.78, 5) is 37.7. The average molecular weight is 372 g/mol. The molecular weight excluding hydrogens is 352 g/mol. The molecule has 1 N–H and O–H groups in total. The Hall–Kier alpha value is -3.29. The van der Waals surface area contributed by atoms with E-state index in [1.807, 2.05) is 0 Å². The zero-order chi connectivity index (χ0) is 19.2. The van der Waals surface area contributed by atoms with Crippen LogP contribution in [0.25, 0.3) is 0 Å². The van der Waals surface area contributed by atoms with E-state index in [2.05, 4.69) is 5.32 Å². The van der Waals surface area contributed by atoms with Gasteiger partial charge in [0.05, 0.1) is 25.8 Å². The average Bonchev–Trinajstić information content (AvgIpc) is 3.31. The molecule has 8 nitrogen and oxygen atoms in total. The molecule has 1 saturated heterocycles. The van der Waals surface area contributed by atoms with Crippen molar-refractivity contribution in [2.45, 2.75) is 13.0 Å². The standard InChI is InChI=1S/C19H20N2O6/c1-25-15-6-4-14(5-7-15)20-17(22)12-27-19(24)13-9-18(23)21(10-13)11-16-3-2-8-26-16/h2-8,13H,9-12H2,1H3,(H,20,22)/t13-/m0/s1. The molecule has 142 valence electrons. The lowest BCUT2D eigenvalue weighted by molar-refractivity contribution is -0.151. The second-order valence-electron chi connectivity index (χ2n) is 6.14. The second kappa shape index (κ2) is 8.39. The molecule has 0 radical (unpaired) electrons. The number of nitrogens with zero attached hydrogens (tertiary/aromatic N) is 1.